The van der Waals surface area contributed by atoms with Gasteiger partial charge in [-0.3, -0.25) is 14.9 Å². The molecule has 0 amide bonds. The normalized spacial score (nSPS) is 9.83. The van der Waals surface area contributed by atoms with E-state index in [1.807, 2.05) is 0 Å². The van der Waals surface area contributed by atoms with E-state index in [1.54, 1.807) is 0 Å². The highest BCUT2D eigenvalue weighted by Gasteiger charge is 2.19. The minimum Gasteiger partial charge on any atom is -0.275 e. The molecule has 0 saturated carbocycles. The molecule has 12 heavy (non-hydrogen) atoms. The van der Waals surface area contributed by atoms with Gasteiger partial charge in [0.05, 0.1) is 15.2 Å². The molecule has 0 unspecified atom stereocenters. The smallest absolute Gasteiger partial charge is 0.275 e. The van der Waals surface area contributed by atoms with Crippen molar-refractivity contribution in [2.24, 2.45) is 0 Å². The van der Waals surface area contributed by atoms with Crippen LogP contribution < -0.4 is 0 Å². The van der Waals surface area contributed by atoms with Gasteiger partial charge in [0, 0.05) is 5.56 Å². The Hall–Kier alpha value is -0.940. The van der Waals surface area contributed by atoms with Crippen molar-refractivity contribution in [3.63, 3.8) is 0 Å². The molecule has 0 aliphatic heterocycles. The Morgan fingerprint density at radius 3 is 2.58 bits per heavy atom. The molecule has 0 aliphatic carbocycles. The lowest BCUT2D eigenvalue weighted by Crippen LogP contribution is -1.91. The Bertz CT molecular complexity index is 315. The van der Waals surface area contributed by atoms with Crippen molar-refractivity contribution < 1.29 is 9.72 Å². The molecule has 4 nitrogen and oxygen atoms in total. The first-order valence-electron chi connectivity index (χ1n) is 2.96. The zero-order valence-electron chi connectivity index (χ0n) is 6.04. The predicted molar refractivity (Wildman–Crippen MR) is 45.9 cm³/mol. The fraction of sp³-hybridized carbons (Fsp3) is 0.167. The van der Waals surface area contributed by atoms with Crippen LogP contribution in [0.2, 0.25) is 0 Å². The molecular weight excluding hydrogens is 202 g/mol. The van der Waals surface area contributed by atoms with Gasteiger partial charge in [-0.25, -0.2) is 0 Å². The van der Waals surface area contributed by atoms with E-state index < -0.39 is 10.2 Å². The monoisotopic (exact) mass is 205 g/mol. The van der Waals surface area contributed by atoms with Gasteiger partial charge >= 0.3 is 0 Å². The van der Waals surface area contributed by atoms with E-state index in [0.29, 0.717) is 5.56 Å². The topological polar surface area (TPSA) is 60.2 Å². The molecule has 1 heterocycles. The molecule has 0 saturated heterocycles. The number of hydrogen-bond acceptors (Lipinski definition) is 4. The largest absolute Gasteiger partial charge is 0.283 e. The Morgan fingerprint density at radius 2 is 2.33 bits per heavy atom. The quantitative estimate of drug-likeness (QED) is 0.423. The SMILES string of the molecule is Cc1c([N+](=O)[O-])csc1C(=O)Cl. The standard InChI is InChI=1S/C6H4ClNO3S/c1-3-4(8(10)11)2-12-5(3)6(7)9/h2H,1H3. The molecule has 64 valence electrons. The Morgan fingerprint density at radius 1 is 1.75 bits per heavy atom. The second-order valence-corrected chi connectivity index (χ2v) is 3.33. The molecule has 1 rings (SSSR count). The van der Waals surface area contributed by atoms with Crippen LogP contribution in [0.4, 0.5) is 5.69 Å². The Labute approximate surface area is 76.9 Å². The third-order valence-corrected chi connectivity index (χ3v) is 2.76. The van der Waals surface area contributed by atoms with Crippen molar-refractivity contribution in [3.8, 4) is 0 Å². The van der Waals surface area contributed by atoms with Gasteiger partial charge in [0.25, 0.3) is 10.9 Å². The molecule has 6 heteroatoms. The maximum Gasteiger partial charge on any atom is 0.283 e. The number of rotatable bonds is 2. The third-order valence-electron chi connectivity index (χ3n) is 1.39. The summed E-state index contributed by atoms with van der Waals surface area (Å²) in [6.45, 7) is 1.50. The maximum absolute atomic E-state index is 10.7. The van der Waals surface area contributed by atoms with Crippen molar-refractivity contribution in [1.82, 2.24) is 0 Å². The predicted octanol–water partition coefficient (Wildman–Crippen LogP) is 2.34. The minimum absolute atomic E-state index is 0.0519. The van der Waals surface area contributed by atoms with Crippen molar-refractivity contribution in [2.45, 2.75) is 6.92 Å². The van der Waals surface area contributed by atoms with Crippen LogP contribution in [0.5, 0.6) is 0 Å². The summed E-state index contributed by atoms with van der Waals surface area (Å²) < 4.78 is 0. The Balaban J connectivity index is 3.22. The van der Waals surface area contributed by atoms with E-state index in [-0.39, 0.29) is 10.6 Å². The highest BCUT2D eigenvalue weighted by atomic mass is 35.5. The number of halogens is 1. The molecule has 0 aromatic carbocycles. The van der Waals surface area contributed by atoms with Crippen LogP contribution in [-0.2, 0) is 0 Å². The van der Waals surface area contributed by atoms with Gasteiger partial charge < -0.3 is 0 Å². The Kier molecular flexibility index (Phi) is 2.44. The first-order valence-corrected chi connectivity index (χ1v) is 4.22. The molecular formula is C6H4ClNO3S. The molecule has 1 aromatic rings. The van der Waals surface area contributed by atoms with Crippen molar-refractivity contribution in [1.29, 1.82) is 0 Å². The molecule has 0 fully saturated rings. The van der Waals surface area contributed by atoms with E-state index in [0.717, 1.165) is 11.3 Å². The second-order valence-electron chi connectivity index (χ2n) is 2.11. The van der Waals surface area contributed by atoms with Gasteiger partial charge in [-0.2, -0.15) is 0 Å². The fourth-order valence-corrected chi connectivity index (χ4v) is 1.92. The van der Waals surface area contributed by atoms with Gasteiger partial charge in [-0.05, 0) is 18.5 Å². The van der Waals surface area contributed by atoms with Gasteiger partial charge in [0.2, 0.25) is 0 Å². The lowest BCUT2D eigenvalue weighted by Gasteiger charge is -1.89. The first kappa shape index (κ1) is 9.15. The van der Waals surface area contributed by atoms with Crippen LogP contribution in [0.15, 0.2) is 5.38 Å². The summed E-state index contributed by atoms with van der Waals surface area (Å²) in [7, 11) is 0. The van der Waals surface area contributed by atoms with Crippen LogP contribution in [-0.4, -0.2) is 10.2 Å². The average Bonchev–Trinajstić information content (AvgIpc) is 2.30. The van der Waals surface area contributed by atoms with E-state index in [9.17, 15) is 14.9 Å². The first-order chi connectivity index (χ1) is 5.54. The fourth-order valence-electron chi connectivity index (χ4n) is 0.782. The molecule has 0 aliphatic rings. The molecule has 0 spiro atoms. The summed E-state index contributed by atoms with van der Waals surface area (Å²) in [5.41, 5.74) is 0.286. The van der Waals surface area contributed by atoms with Gasteiger partial charge in [0.1, 0.15) is 0 Å². The molecule has 1 aromatic heterocycles. The lowest BCUT2D eigenvalue weighted by molar-refractivity contribution is -0.385. The van der Waals surface area contributed by atoms with Crippen LogP contribution in [0.25, 0.3) is 0 Å². The van der Waals surface area contributed by atoms with Crippen molar-refractivity contribution >= 4 is 33.9 Å². The summed E-state index contributed by atoms with van der Waals surface area (Å²) >= 11 is 6.16. The maximum atomic E-state index is 10.7. The van der Waals surface area contributed by atoms with Crippen LogP contribution in [0, 0.1) is 17.0 Å². The van der Waals surface area contributed by atoms with Gasteiger partial charge in [0.15, 0.2) is 0 Å². The second kappa shape index (κ2) is 3.20. The van der Waals surface area contributed by atoms with Crippen molar-refractivity contribution in [2.75, 3.05) is 0 Å². The third kappa shape index (κ3) is 1.46. The average molecular weight is 206 g/mol. The molecule has 0 atom stereocenters. The van der Waals surface area contributed by atoms with Crippen LogP contribution in [0.3, 0.4) is 0 Å². The molecule has 0 N–H and O–H groups in total. The lowest BCUT2D eigenvalue weighted by atomic mass is 10.3. The zero-order valence-corrected chi connectivity index (χ0v) is 7.61. The highest BCUT2D eigenvalue weighted by Crippen LogP contribution is 2.28. The summed E-state index contributed by atoms with van der Waals surface area (Å²) in [5, 5.41) is 11.0. The van der Waals surface area contributed by atoms with Crippen molar-refractivity contribution in [3.05, 3.63) is 25.9 Å². The summed E-state index contributed by atoms with van der Waals surface area (Å²) in [6.07, 6.45) is 0. The number of carbonyl (C=O) groups is 1. The number of carbonyl (C=O) groups excluding carboxylic acids is 1. The van der Waals surface area contributed by atoms with E-state index in [4.69, 9.17) is 11.6 Å². The highest BCUT2D eigenvalue weighted by molar-refractivity contribution is 7.14. The number of nitrogens with zero attached hydrogens (tertiary/aromatic N) is 1. The van der Waals surface area contributed by atoms with Gasteiger partial charge in [-0.1, -0.05) is 0 Å². The number of nitro groups is 1. The molecule has 0 radical (unpaired) electrons. The van der Waals surface area contributed by atoms with E-state index in [1.165, 1.54) is 12.3 Å². The van der Waals surface area contributed by atoms with E-state index in [2.05, 4.69) is 0 Å². The summed E-state index contributed by atoms with van der Waals surface area (Å²) in [4.78, 5) is 20.7. The van der Waals surface area contributed by atoms with Gasteiger partial charge in [-0.15, -0.1) is 11.3 Å². The number of thiophene rings is 1. The zero-order chi connectivity index (χ0) is 9.30. The summed E-state index contributed by atoms with van der Waals surface area (Å²) in [5.74, 6) is 0. The van der Waals surface area contributed by atoms with Crippen LogP contribution in [0.1, 0.15) is 15.2 Å². The summed E-state index contributed by atoms with van der Waals surface area (Å²) in [6, 6.07) is 0. The number of hydrogen-bond donors (Lipinski definition) is 0. The minimum atomic E-state index is -0.648. The molecule has 0 bridgehead atoms. The van der Waals surface area contributed by atoms with Crippen LogP contribution >= 0.6 is 22.9 Å². The van der Waals surface area contributed by atoms with E-state index >= 15 is 0 Å².